The molecular formula is C16H26N2O. The number of anilines is 1. The molecule has 0 radical (unpaired) electrons. The van der Waals surface area contributed by atoms with E-state index >= 15 is 0 Å². The molecule has 3 heteroatoms. The fourth-order valence-corrected chi connectivity index (χ4v) is 2.72. The van der Waals surface area contributed by atoms with E-state index in [0.29, 0.717) is 5.92 Å². The Morgan fingerprint density at radius 1 is 1.37 bits per heavy atom. The van der Waals surface area contributed by atoms with Crippen molar-refractivity contribution in [3.63, 3.8) is 0 Å². The van der Waals surface area contributed by atoms with Crippen LogP contribution in [0.15, 0.2) is 18.2 Å². The van der Waals surface area contributed by atoms with Crippen LogP contribution in [0.1, 0.15) is 30.9 Å². The molecule has 0 spiro atoms. The van der Waals surface area contributed by atoms with Crippen LogP contribution in [0.5, 0.6) is 0 Å². The summed E-state index contributed by atoms with van der Waals surface area (Å²) in [6.45, 7) is 7.30. The first kappa shape index (κ1) is 14.4. The zero-order valence-electron chi connectivity index (χ0n) is 12.3. The van der Waals surface area contributed by atoms with Gasteiger partial charge in [0.2, 0.25) is 0 Å². The summed E-state index contributed by atoms with van der Waals surface area (Å²) in [4.78, 5) is 2.31. The maximum Gasteiger partial charge on any atom is 0.0546 e. The standard InChI is InChI=1S/C16H26N2O/c1-4-17-10-14-5-6-15(7-12(14)2)18(3)11-13-8-16(19)9-13/h5-7,13,16-17,19H,4,8-11H2,1-3H3. The fraction of sp³-hybridized carbons (Fsp3) is 0.625. The molecule has 1 aliphatic rings. The van der Waals surface area contributed by atoms with Gasteiger partial charge >= 0.3 is 0 Å². The van der Waals surface area contributed by atoms with E-state index in [9.17, 15) is 5.11 Å². The molecule has 0 saturated heterocycles. The van der Waals surface area contributed by atoms with Crippen molar-refractivity contribution in [2.24, 2.45) is 5.92 Å². The Morgan fingerprint density at radius 2 is 2.11 bits per heavy atom. The number of aryl methyl sites for hydroxylation is 1. The van der Waals surface area contributed by atoms with Crippen molar-refractivity contribution in [2.45, 2.75) is 39.3 Å². The van der Waals surface area contributed by atoms with Crippen molar-refractivity contribution in [3.05, 3.63) is 29.3 Å². The number of aliphatic hydroxyl groups excluding tert-OH is 1. The summed E-state index contributed by atoms with van der Waals surface area (Å²) in [5.41, 5.74) is 4.00. The van der Waals surface area contributed by atoms with Gasteiger partial charge in [-0.2, -0.15) is 0 Å². The monoisotopic (exact) mass is 262 g/mol. The minimum Gasteiger partial charge on any atom is -0.393 e. The smallest absolute Gasteiger partial charge is 0.0546 e. The molecule has 0 unspecified atom stereocenters. The molecule has 1 aromatic carbocycles. The van der Waals surface area contributed by atoms with Gasteiger partial charge in [-0.3, -0.25) is 0 Å². The minimum absolute atomic E-state index is 0.0531. The van der Waals surface area contributed by atoms with Gasteiger partial charge in [-0.15, -0.1) is 0 Å². The lowest BCUT2D eigenvalue weighted by Crippen LogP contribution is -2.37. The van der Waals surface area contributed by atoms with Crippen molar-refractivity contribution < 1.29 is 5.11 Å². The highest BCUT2D eigenvalue weighted by molar-refractivity contribution is 5.50. The molecular weight excluding hydrogens is 236 g/mol. The van der Waals surface area contributed by atoms with Gasteiger partial charge in [-0.05, 0) is 55.5 Å². The Hall–Kier alpha value is -1.06. The topological polar surface area (TPSA) is 35.5 Å². The quantitative estimate of drug-likeness (QED) is 0.826. The van der Waals surface area contributed by atoms with Crippen LogP contribution in [-0.2, 0) is 6.54 Å². The number of aliphatic hydroxyl groups is 1. The molecule has 1 fully saturated rings. The molecule has 3 nitrogen and oxygen atoms in total. The van der Waals surface area contributed by atoms with Crippen LogP contribution < -0.4 is 10.2 Å². The van der Waals surface area contributed by atoms with E-state index in [1.807, 2.05) is 0 Å². The maximum absolute atomic E-state index is 9.34. The van der Waals surface area contributed by atoms with Crippen LogP contribution >= 0.6 is 0 Å². The molecule has 0 aromatic heterocycles. The lowest BCUT2D eigenvalue weighted by molar-refractivity contribution is 0.0465. The lowest BCUT2D eigenvalue weighted by atomic mass is 9.82. The number of hydrogen-bond donors (Lipinski definition) is 2. The predicted molar refractivity (Wildman–Crippen MR) is 80.6 cm³/mol. The molecule has 19 heavy (non-hydrogen) atoms. The van der Waals surface area contributed by atoms with E-state index in [-0.39, 0.29) is 6.10 Å². The first-order chi connectivity index (χ1) is 9.10. The summed E-state index contributed by atoms with van der Waals surface area (Å²) < 4.78 is 0. The summed E-state index contributed by atoms with van der Waals surface area (Å²) in [7, 11) is 2.14. The first-order valence-electron chi connectivity index (χ1n) is 7.29. The number of nitrogens with zero attached hydrogens (tertiary/aromatic N) is 1. The van der Waals surface area contributed by atoms with Crippen LogP contribution in [0.25, 0.3) is 0 Å². The second-order valence-corrected chi connectivity index (χ2v) is 5.76. The molecule has 2 N–H and O–H groups in total. The van der Waals surface area contributed by atoms with Crippen molar-refractivity contribution in [1.82, 2.24) is 5.32 Å². The summed E-state index contributed by atoms with van der Waals surface area (Å²) in [5.74, 6) is 0.654. The van der Waals surface area contributed by atoms with E-state index in [0.717, 1.165) is 32.5 Å². The van der Waals surface area contributed by atoms with Gasteiger partial charge in [0.05, 0.1) is 6.10 Å². The highest BCUT2D eigenvalue weighted by atomic mass is 16.3. The van der Waals surface area contributed by atoms with Gasteiger partial charge in [0, 0.05) is 25.8 Å². The van der Waals surface area contributed by atoms with E-state index in [2.05, 4.69) is 49.3 Å². The van der Waals surface area contributed by atoms with Crippen molar-refractivity contribution in [1.29, 1.82) is 0 Å². The van der Waals surface area contributed by atoms with Gasteiger partial charge < -0.3 is 15.3 Å². The van der Waals surface area contributed by atoms with Gasteiger partial charge in [-0.1, -0.05) is 13.0 Å². The molecule has 1 aliphatic carbocycles. The van der Waals surface area contributed by atoms with Crippen LogP contribution in [0.3, 0.4) is 0 Å². The molecule has 0 aliphatic heterocycles. The second kappa shape index (κ2) is 6.40. The van der Waals surface area contributed by atoms with E-state index in [4.69, 9.17) is 0 Å². The molecule has 0 atom stereocenters. The number of hydrogen-bond acceptors (Lipinski definition) is 3. The van der Waals surface area contributed by atoms with Gasteiger partial charge in [0.25, 0.3) is 0 Å². The fourth-order valence-electron chi connectivity index (χ4n) is 2.72. The van der Waals surface area contributed by atoms with Crippen molar-refractivity contribution >= 4 is 5.69 Å². The summed E-state index contributed by atoms with van der Waals surface area (Å²) >= 11 is 0. The predicted octanol–water partition coefficient (Wildman–Crippen LogP) is 2.31. The number of benzene rings is 1. The maximum atomic E-state index is 9.34. The van der Waals surface area contributed by atoms with E-state index in [1.165, 1.54) is 16.8 Å². The second-order valence-electron chi connectivity index (χ2n) is 5.76. The normalized spacial score (nSPS) is 22.1. The van der Waals surface area contributed by atoms with E-state index in [1.54, 1.807) is 0 Å². The Labute approximate surface area is 116 Å². The third-order valence-corrected chi connectivity index (χ3v) is 4.08. The highest BCUT2D eigenvalue weighted by Crippen LogP contribution is 2.29. The SMILES string of the molecule is CCNCc1ccc(N(C)CC2CC(O)C2)cc1C. The summed E-state index contributed by atoms with van der Waals surface area (Å²) in [5, 5.41) is 12.7. The minimum atomic E-state index is -0.0531. The Bertz CT molecular complexity index is 413. The zero-order valence-corrected chi connectivity index (χ0v) is 12.3. The molecule has 1 saturated carbocycles. The average molecular weight is 262 g/mol. The first-order valence-corrected chi connectivity index (χ1v) is 7.29. The van der Waals surface area contributed by atoms with Crippen molar-refractivity contribution in [2.75, 3.05) is 25.0 Å². The Kier molecular flexibility index (Phi) is 4.83. The average Bonchev–Trinajstić information content (AvgIpc) is 2.35. The lowest BCUT2D eigenvalue weighted by Gasteiger charge is -2.35. The summed E-state index contributed by atoms with van der Waals surface area (Å²) in [6.07, 6.45) is 1.87. The van der Waals surface area contributed by atoms with Crippen LogP contribution in [0.2, 0.25) is 0 Å². The molecule has 1 aromatic rings. The van der Waals surface area contributed by atoms with Gasteiger partial charge in [-0.25, -0.2) is 0 Å². The Morgan fingerprint density at radius 3 is 2.68 bits per heavy atom. The highest BCUT2D eigenvalue weighted by Gasteiger charge is 2.28. The number of rotatable bonds is 6. The Balaban J connectivity index is 1.94. The third-order valence-electron chi connectivity index (χ3n) is 4.08. The van der Waals surface area contributed by atoms with Crippen LogP contribution in [0.4, 0.5) is 5.69 Å². The molecule has 0 amide bonds. The molecule has 0 heterocycles. The molecule has 106 valence electrons. The molecule has 2 rings (SSSR count). The van der Waals surface area contributed by atoms with Crippen molar-refractivity contribution in [3.8, 4) is 0 Å². The van der Waals surface area contributed by atoms with Gasteiger partial charge in [0.1, 0.15) is 0 Å². The number of nitrogens with one attached hydrogen (secondary N) is 1. The zero-order chi connectivity index (χ0) is 13.8. The summed E-state index contributed by atoms with van der Waals surface area (Å²) in [6, 6.07) is 6.69. The van der Waals surface area contributed by atoms with Crippen LogP contribution in [0, 0.1) is 12.8 Å². The van der Waals surface area contributed by atoms with Gasteiger partial charge in [0.15, 0.2) is 0 Å². The van der Waals surface area contributed by atoms with Crippen LogP contribution in [-0.4, -0.2) is 31.3 Å². The van der Waals surface area contributed by atoms with E-state index < -0.39 is 0 Å². The third kappa shape index (κ3) is 3.71. The molecule has 0 bridgehead atoms. The largest absolute Gasteiger partial charge is 0.393 e.